The van der Waals surface area contributed by atoms with Gasteiger partial charge in [-0.15, -0.1) is 0 Å². The predicted octanol–water partition coefficient (Wildman–Crippen LogP) is 2.87. The van der Waals surface area contributed by atoms with Gasteiger partial charge in [-0.25, -0.2) is 4.98 Å². The molecule has 0 radical (unpaired) electrons. The molecule has 20 heavy (non-hydrogen) atoms. The lowest BCUT2D eigenvalue weighted by Crippen LogP contribution is -2.15. The molecule has 0 saturated heterocycles. The summed E-state index contributed by atoms with van der Waals surface area (Å²) in [5.74, 6) is -0.409. The number of alkyl halides is 3. The second-order valence-electron chi connectivity index (χ2n) is 4.05. The molecule has 0 atom stereocenters. The van der Waals surface area contributed by atoms with Crippen molar-refractivity contribution in [2.24, 2.45) is 12.8 Å². The van der Waals surface area contributed by atoms with Gasteiger partial charge >= 0.3 is 6.18 Å². The van der Waals surface area contributed by atoms with Gasteiger partial charge in [0.15, 0.2) is 5.16 Å². The summed E-state index contributed by atoms with van der Waals surface area (Å²) < 4.78 is 39.7. The van der Waals surface area contributed by atoms with Gasteiger partial charge in [-0.2, -0.15) is 13.2 Å². The van der Waals surface area contributed by atoms with Crippen LogP contribution in [0, 0.1) is 5.41 Å². The van der Waals surface area contributed by atoms with Crippen molar-refractivity contribution in [3.63, 3.8) is 0 Å². The van der Waals surface area contributed by atoms with Crippen molar-refractivity contribution in [3.05, 3.63) is 41.7 Å². The van der Waals surface area contributed by atoms with Crippen LogP contribution in [0.2, 0.25) is 0 Å². The van der Waals surface area contributed by atoms with Crippen molar-refractivity contribution in [1.29, 1.82) is 5.41 Å². The van der Waals surface area contributed by atoms with Crippen LogP contribution in [-0.4, -0.2) is 15.4 Å². The number of aromatic nitrogens is 2. The molecule has 106 valence electrons. The van der Waals surface area contributed by atoms with Crippen LogP contribution in [0.15, 0.2) is 40.6 Å². The van der Waals surface area contributed by atoms with E-state index in [2.05, 4.69) is 4.98 Å². The molecule has 0 saturated carbocycles. The van der Waals surface area contributed by atoms with E-state index in [1.165, 1.54) is 6.07 Å². The Kier molecular flexibility index (Phi) is 3.76. The maximum absolute atomic E-state index is 12.7. The summed E-state index contributed by atoms with van der Waals surface area (Å²) >= 11 is 1.16. The van der Waals surface area contributed by atoms with Gasteiger partial charge in [-0.05, 0) is 18.2 Å². The van der Waals surface area contributed by atoms with Crippen molar-refractivity contribution in [3.8, 4) is 0 Å². The highest BCUT2D eigenvalue weighted by Crippen LogP contribution is 2.34. The van der Waals surface area contributed by atoms with Gasteiger partial charge in [0.2, 0.25) is 0 Å². The highest BCUT2D eigenvalue weighted by Gasteiger charge is 2.31. The number of nitrogens with one attached hydrogen (secondary N) is 1. The maximum atomic E-state index is 12.7. The largest absolute Gasteiger partial charge is 0.416 e. The minimum atomic E-state index is -4.46. The number of hydrogen-bond donors (Lipinski definition) is 2. The van der Waals surface area contributed by atoms with Crippen molar-refractivity contribution < 1.29 is 13.2 Å². The molecule has 0 aliphatic carbocycles. The summed E-state index contributed by atoms with van der Waals surface area (Å²) in [5, 5.41) is 8.03. The average Bonchev–Trinajstić information content (AvgIpc) is 2.74. The second-order valence-corrected chi connectivity index (χ2v) is 5.05. The van der Waals surface area contributed by atoms with Gasteiger partial charge in [0, 0.05) is 29.9 Å². The summed E-state index contributed by atoms with van der Waals surface area (Å²) in [6, 6.07) is 3.16. The zero-order chi connectivity index (χ0) is 14.9. The number of nitrogen functional groups attached to an aromatic ring is 1. The molecule has 0 aliphatic rings. The monoisotopic (exact) mass is 300 g/mol. The van der Waals surface area contributed by atoms with Gasteiger partial charge in [-0.1, -0.05) is 11.8 Å². The number of imidazole rings is 1. The number of hydrogen-bond acceptors (Lipinski definition) is 3. The molecule has 0 spiro atoms. The Bertz CT molecular complexity index is 648. The molecule has 2 rings (SSSR count). The summed E-state index contributed by atoms with van der Waals surface area (Å²) in [6.45, 7) is 0. The molecule has 1 heterocycles. The first-order valence-corrected chi connectivity index (χ1v) is 6.31. The Morgan fingerprint density at radius 1 is 1.40 bits per heavy atom. The van der Waals surface area contributed by atoms with Crippen LogP contribution in [0.25, 0.3) is 0 Å². The van der Waals surface area contributed by atoms with Gasteiger partial charge < -0.3 is 10.3 Å². The van der Waals surface area contributed by atoms with Gasteiger partial charge in [0.25, 0.3) is 0 Å². The lowest BCUT2D eigenvalue weighted by Gasteiger charge is -2.12. The van der Waals surface area contributed by atoms with Gasteiger partial charge in [0.05, 0.1) is 5.56 Å². The number of benzene rings is 1. The maximum Gasteiger partial charge on any atom is 0.416 e. The number of nitrogens with two attached hydrogens (primary N) is 1. The molecule has 1 aromatic heterocycles. The fraction of sp³-hybridized carbons (Fsp3) is 0.167. The summed E-state index contributed by atoms with van der Waals surface area (Å²) in [5.41, 5.74) is 4.59. The zero-order valence-corrected chi connectivity index (χ0v) is 11.2. The molecule has 4 nitrogen and oxygen atoms in total. The molecular weight excluding hydrogens is 289 g/mol. The zero-order valence-electron chi connectivity index (χ0n) is 10.4. The summed E-state index contributed by atoms with van der Waals surface area (Å²) in [7, 11) is 1.77. The normalized spacial score (nSPS) is 11.6. The smallest absolute Gasteiger partial charge is 0.384 e. The Morgan fingerprint density at radius 2 is 2.10 bits per heavy atom. The minimum Gasteiger partial charge on any atom is -0.384 e. The fourth-order valence-corrected chi connectivity index (χ4v) is 2.48. The van der Waals surface area contributed by atoms with Crippen LogP contribution < -0.4 is 5.73 Å². The highest BCUT2D eigenvalue weighted by molar-refractivity contribution is 7.99. The molecule has 0 bridgehead atoms. The Hall–Kier alpha value is -1.96. The highest BCUT2D eigenvalue weighted by atomic mass is 32.2. The van der Waals surface area contributed by atoms with E-state index in [4.69, 9.17) is 11.1 Å². The first kappa shape index (κ1) is 14.4. The fourth-order valence-electron chi connectivity index (χ4n) is 1.55. The van der Waals surface area contributed by atoms with Crippen LogP contribution in [0.1, 0.15) is 11.1 Å². The van der Waals surface area contributed by atoms with Crippen molar-refractivity contribution in [2.45, 2.75) is 16.2 Å². The molecule has 2 aromatic rings. The lowest BCUT2D eigenvalue weighted by molar-refractivity contribution is -0.137. The molecule has 3 N–H and O–H groups in total. The van der Waals surface area contributed by atoms with E-state index < -0.39 is 17.6 Å². The number of aryl methyl sites for hydroxylation is 1. The van der Waals surface area contributed by atoms with Gasteiger partial charge in [0.1, 0.15) is 5.84 Å². The molecule has 8 heteroatoms. The van der Waals surface area contributed by atoms with E-state index in [0.29, 0.717) is 10.1 Å². The van der Waals surface area contributed by atoms with E-state index in [0.717, 1.165) is 23.9 Å². The third-order valence-corrected chi connectivity index (χ3v) is 3.73. The first-order chi connectivity index (χ1) is 9.29. The quantitative estimate of drug-likeness (QED) is 0.676. The molecular formula is C12H11F3N4S. The summed E-state index contributed by atoms with van der Waals surface area (Å²) in [4.78, 5) is 4.53. The van der Waals surface area contributed by atoms with Gasteiger partial charge in [-0.3, -0.25) is 5.41 Å². The van der Waals surface area contributed by atoms with Crippen molar-refractivity contribution in [1.82, 2.24) is 9.55 Å². The Labute approximate surface area is 117 Å². The topological polar surface area (TPSA) is 67.7 Å². The molecule has 0 unspecified atom stereocenters. The van der Waals surface area contributed by atoms with Crippen LogP contribution >= 0.6 is 11.8 Å². The SMILES string of the molecule is Cn1ccnc1Sc1ccc(C(F)(F)F)cc1C(=N)N. The average molecular weight is 300 g/mol. The van der Waals surface area contributed by atoms with E-state index in [1.54, 1.807) is 24.0 Å². The van der Waals surface area contributed by atoms with Crippen LogP contribution in [0.4, 0.5) is 13.2 Å². The predicted molar refractivity (Wildman–Crippen MR) is 69.8 cm³/mol. The molecule has 0 aliphatic heterocycles. The van der Waals surface area contributed by atoms with E-state index in [-0.39, 0.29) is 5.56 Å². The Morgan fingerprint density at radius 3 is 2.60 bits per heavy atom. The molecule has 1 aromatic carbocycles. The number of amidine groups is 1. The van der Waals surface area contributed by atoms with Crippen molar-refractivity contribution >= 4 is 17.6 Å². The third-order valence-electron chi connectivity index (χ3n) is 2.58. The lowest BCUT2D eigenvalue weighted by atomic mass is 10.1. The minimum absolute atomic E-state index is 0.0489. The Balaban J connectivity index is 2.43. The molecule has 0 fully saturated rings. The number of nitrogens with zero attached hydrogens (tertiary/aromatic N) is 2. The van der Waals surface area contributed by atoms with Crippen LogP contribution in [0.5, 0.6) is 0 Å². The van der Waals surface area contributed by atoms with E-state index in [9.17, 15) is 13.2 Å². The first-order valence-electron chi connectivity index (χ1n) is 5.50. The van der Waals surface area contributed by atoms with Crippen LogP contribution in [-0.2, 0) is 13.2 Å². The molecule has 0 amide bonds. The van der Waals surface area contributed by atoms with E-state index >= 15 is 0 Å². The van der Waals surface area contributed by atoms with Crippen LogP contribution in [0.3, 0.4) is 0 Å². The summed E-state index contributed by atoms with van der Waals surface area (Å²) in [6.07, 6.45) is -1.16. The van der Waals surface area contributed by atoms with Crippen molar-refractivity contribution in [2.75, 3.05) is 0 Å². The number of rotatable bonds is 3. The number of halogens is 3. The third kappa shape index (κ3) is 2.96. The standard InChI is InChI=1S/C12H11F3N4S/c1-19-5-4-18-11(19)20-9-3-2-7(12(13,14)15)6-8(9)10(16)17/h2-6H,1H3,(H3,16,17). The van der Waals surface area contributed by atoms with E-state index in [1.807, 2.05) is 0 Å². The second kappa shape index (κ2) is 5.20.